The van der Waals surface area contributed by atoms with Crippen LogP contribution in [-0.4, -0.2) is 18.2 Å². The quantitative estimate of drug-likeness (QED) is 0.592. The van der Waals surface area contributed by atoms with E-state index in [9.17, 15) is 0 Å². The molecule has 62 valence electrons. The van der Waals surface area contributed by atoms with E-state index in [2.05, 4.69) is 15.0 Å². The Kier molecular flexibility index (Phi) is 3.64. The number of nitrogens with one attached hydrogen (secondary N) is 1. The average Bonchev–Trinajstić information content (AvgIpc) is 2.50. The fraction of sp³-hybridized carbons (Fsp3) is 0.571. The lowest BCUT2D eigenvalue weighted by Crippen LogP contribution is -2.17. The van der Waals surface area contributed by atoms with Crippen molar-refractivity contribution in [3.05, 3.63) is 18.0 Å². The Hall–Kier alpha value is -0.870. The van der Waals surface area contributed by atoms with E-state index in [1.165, 1.54) is 0 Å². The highest BCUT2D eigenvalue weighted by molar-refractivity contribution is 4.93. The Morgan fingerprint density at radius 1 is 1.64 bits per heavy atom. The van der Waals surface area contributed by atoms with Gasteiger partial charge in [0, 0.05) is 12.6 Å². The molecule has 0 aliphatic heterocycles. The van der Waals surface area contributed by atoms with Crippen LogP contribution >= 0.6 is 0 Å². The van der Waals surface area contributed by atoms with Crippen LogP contribution in [0.2, 0.25) is 0 Å². The number of aromatic nitrogens is 1. The molecule has 0 fully saturated rings. The van der Waals surface area contributed by atoms with Crippen LogP contribution in [0, 0.1) is 0 Å². The van der Waals surface area contributed by atoms with Crippen LogP contribution in [0.5, 0.6) is 0 Å². The van der Waals surface area contributed by atoms with Gasteiger partial charge in [0.1, 0.15) is 6.26 Å². The van der Waals surface area contributed by atoms with E-state index in [4.69, 9.17) is 5.73 Å². The van der Waals surface area contributed by atoms with Crippen molar-refractivity contribution in [1.29, 1.82) is 0 Å². The van der Waals surface area contributed by atoms with Crippen molar-refractivity contribution in [2.75, 3.05) is 13.1 Å². The van der Waals surface area contributed by atoms with Crippen molar-refractivity contribution in [1.82, 2.24) is 10.5 Å². The highest BCUT2D eigenvalue weighted by atomic mass is 16.5. The van der Waals surface area contributed by atoms with Crippen molar-refractivity contribution in [2.24, 2.45) is 5.73 Å². The van der Waals surface area contributed by atoms with Gasteiger partial charge in [-0.1, -0.05) is 5.16 Å². The Morgan fingerprint density at radius 3 is 3.18 bits per heavy atom. The molecule has 0 radical (unpaired) electrons. The van der Waals surface area contributed by atoms with Gasteiger partial charge in [0.05, 0.1) is 5.69 Å². The van der Waals surface area contributed by atoms with Gasteiger partial charge in [0.15, 0.2) is 0 Å². The first-order valence-electron chi connectivity index (χ1n) is 3.73. The number of nitrogens with zero attached hydrogens (tertiary/aromatic N) is 1. The molecule has 11 heavy (non-hydrogen) atoms. The molecule has 0 spiro atoms. The maximum absolute atomic E-state index is 5.31. The number of hydrogen-bond acceptors (Lipinski definition) is 4. The van der Waals surface area contributed by atoms with Gasteiger partial charge in [-0.15, -0.1) is 0 Å². The summed E-state index contributed by atoms with van der Waals surface area (Å²) >= 11 is 0. The minimum atomic E-state index is 0.728. The topological polar surface area (TPSA) is 64.1 Å². The molecular weight excluding hydrogens is 142 g/mol. The summed E-state index contributed by atoms with van der Waals surface area (Å²) in [4.78, 5) is 0. The molecule has 1 rings (SSSR count). The highest BCUT2D eigenvalue weighted by Gasteiger charge is 1.93. The van der Waals surface area contributed by atoms with E-state index in [-0.39, 0.29) is 0 Å². The van der Waals surface area contributed by atoms with Gasteiger partial charge in [-0.2, -0.15) is 0 Å². The van der Waals surface area contributed by atoms with Crippen molar-refractivity contribution in [3.8, 4) is 0 Å². The lowest BCUT2D eigenvalue weighted by Gasteiger charge is -1.98. The lowest BCUT2D eigenvalue weighted by molar-refractivity contribution is 0.408. The third-order valence-electron chi connectivity index (χ3n) is 1.36. The van der Waals surface area contributed by atoms with E-state index in [1.54, 1.807) is 6.26 Å². The number of hydrogen-bond donors (Lipinski definition) is 2. The summed E-state index contributed by atoms with van der Waals surface area (Å²) in [7, 11) is 0. The zero-order valence-corrected chi connectivity index (χ0v) is 6.42. The number of nitrogens with two attached hydrogens (primary N) is 1. The maximum Gasteiger partial charge on any atom is 0.124 e. The minimum absolute atomic E-state index is 0.728. The van der Waals surface area contributed by atoms with Gasteiger partial charge in [0.2, 0.25) is 0 Å². The molecule has 3 N–H and O–H groups in total. The first-order chi connectivity index (χ1) is 5.43. The zero-order chi connectivity index (χ0) is 7.94. The Bertz CT molecular complexity index is 174. The van der Waals surface area contributed by atoms with Crippen LogP contribution in [0.1, 0.15) is 12.1 Å². The molecule has 0 bridgehead atoms. The zero-order valence-electron chi connectivity index (χ0n) is 6.42. The molecule has 1 aromatic heterocycles. The van der Waals surface area contributed by atoms with Crippen molar-refractivity contribution >= 4 is 0 Å². The second-order valence-electron chi connectivity index (χ2n) is 2.31. The van der Waals surface area contributed by atoms with Gasteiger partial charge in [-0.25, -0.2) is 0 Å². The largest absolute Gasteiger partial charge is 0.364 e. The van der Waals surface area contributed by atoms with Crippen LogP contribution < -0.4 is 11.1 Å². The minimum Gasteiger partial charge on any atom is -0.364 e. The standard InChI is InChI=1S/C7H13N3O/c8-3-1-4-9-6-7-2-5-11-10-7/h2,5,9H,1,3-4,6,8H2. The van der Waals surface area contributed by atoms with E-state index >= 15 is 0 Å². The lowest BCUT2D eigenvalue weighted by atomic mass is 10.4. The molecule has 4 nitrogen and oxygen atoms in total. The monoisotopic (exact) mass is 155 g/mol. The Balaban J connectivity index is 2.04. The van der Waals surface area contributed by atoms with E-state index < -0.39 is 0 Å². The van der Waals surface area contributed by atoms with Crippen LogP contribution in [0.3, 0.4) is 0 Å². The van der Waals surface area contributed by atoms with E-state index in [1.807, 2.05) is 6.07 Å². The number of rotatable bonds is 5. The molecule has 1 heterocycles. The molecule has 0 saturated heterocycles. The summed E-state index contributed by atoms with van der Waals surface area (Å²) in [6.07, 6.45) is 2.57. The summed E-state index contributed by atoms with van der Waals surface area (Å²) in [6, 6.07) is 1.84. The summed E-state index contributed by atoms with van der Waals surface area (Å²) in [6.45, 7) is 2.42. The molecule has 0 amide bonds. The van der Waals surface area contributed by atoms with Gasteiger partial charge < -0.3 is 15.6 Å². The molecule has 0 atom stereocenters. The molecule has 0 aliphatic rings. The molecule has 0 unspecified atom stereocenters. The van der Waals surface area contributed by atoms with Crippen LogP contribution in [0.15, 0.2) is 16.9 Å². The fourth-order valence-corrected chi connectivity index (χ4v) is 0.772. The van der Waals surface area contributed by atoms with Crippen molar-refractivity contribution in [3.63, 3.8) is 0 Å². The maximum atomic E-state index is 5.31. The molecule has 4 heteroatoms. The first kappa shape index (κ1) is 8.23. The van der Waals surface area contributed by atoms with Crippen LogP contribution in [-0.2, 0) is 6.54 Å². The predicted octanol–water partition coefficient (Wildman–Crippen LogP) is 0.113. The van der Waals surface area contributed by atoms with Gasteiger partial charge in [0.25, 0.3) is 0 Å². The summed E-state index contributed by atoms with van der Waals surface area (Å²) in [5.41, 5.74) is 6.25. The SMILES string of the molecule is NCCCNCc1ccon1. The molecule has 0 aliphatic carbocycles. The smallest absolute Gasteiger partial charge is 0.124 e. The Morgan fingerprint density at radius 2 is 2.55 bits per heavy atom. The summed E-state index contributed by atoms with van der Waals surface area (Å²) < 4.78 is 4.66. The van der Waals surface area contributed by atoms with Gasteiger partial charge >= 0.3 is 0 Å². The van der Waals surface area contributed by atoms with Crippen molar-refractivity contribution in [2.45, 2.75) is 13.0 Å². The summed E-state index contributed by atoms with van der Waals surface area (Å²) in [5.74, 6) is 0. The fourth-order valence-electron chi connectivity index (χ4n) is 0.772. The highest BCUT2D eigenvalue weighted by Crippen LogP contribution is 1.92. The molecule has 0 aromatic carbocycles. The molecule has 0 saturated carbocycles. The average molecular weight is 155 g/mol. The van der Waals surface area contributed by atoms with Crippen LogP contribution in [0.25, 0.3) is 0 Å². The second kappa shape index (κ2) is 4.87. The van der Waals surface area contributed by atoms with E-state index in [0.29, 0.717) is 0 Å². The van der Waals surface area contributed by atoms with Crippen molar-refractivity contribution < 1.29 is 4.52 Å². The Labute approximate surface area is 65.7 Å². The first-order valence-corrected chi connectivity index (χ1v) is 3.73. The second-order valence-corrected chi connectivity index (χ2v) is 2.31. The summed E-state index contributed by atoms with van der Waals surface area (Å²) in [5, 5.41) is 6.93. The third kappa shape index (κ3) is 3.15. The normalized spacial score (nSPS) is 10.3. The molecule has 1 aromatic rings. The van der Waals surface area contributed by atoms with E-state index in [0.717, 1.165) is 31.7 Å². The predicted molar refractivity (Wildman–Crippen MR) is 41.9 cm³/mol. The third-order valence-corrected chi connectivity index (χ3v) is 1.36. The molecular formula is C7H13N3O. The van der Waals surface area contributed by atoms with Gasteiger partial charge in [-0.05, 0) is 19.5 Å². The van der Waals surface area contributed by atoms with Crippen LogP contribution in [0.4, 0.5) is 0 Å². The van der Waals surface area contributed by atoms with Gasteiger partial charge in [-0.3, -0.25) is 0 Å².